The second-order valence-electron chi connectivity index (χ2n) is 5.80. The van der Waals surface area contributed by atoms with Gasteiger partial charge >= 0.3 is 0 Å². The predicted molar refractivity (Wildman–Crippen MR) is 88.0 cm³/mol. The average Bonchev–Trinajstić information content (AvgIpc) is 2.81. The number of nitrogens with two attached hydrogens (primary N) is 1. The molecule has 2 rings (SSSR count). The van der Waals surface area contributed by atoms with Gasteiger partial charge in [-0.25, -0.2) is 0 Å². The maximum atomic E-state index is 12.3. The van der Waals surface area contributed by atoms with E-state index in [9.17, 15) is 4.79 Å². The Kier molecular flexibility index (Phi) is 7.00. The van der Waals surface area contributed by atoms with Crippen molar-refractivity contribution >= 4 is 29.7 Å². The quantitative estimate of drug-likeness (QED) is 0.876. The van der Waals surface area contributed by atoms with Crippen LogP contribution in [-0.4, -0.2) is 18.5 Å². The zero-order valence-electron chi connectivity index (χ0n) is 12.3. The lowest BCUT2D eigenvalue weighted by Gasteiger charge is -2.18. The summed E-state index contributed by atoms with van der Waals surface area (Å²) in [7, 11) is 0. The summed E-state index contributed by atoms with van der Waals surface area (Å²) in [4.78, 5) is 14.5. The van der Waals surface area contributed by atoms with E-state index in [0.29, 0.717) is 12.5 Å². The molecule has 1 aliphatic rings. The van der Waals surface area contributed by atoms with Crippen molar-refractivity contribution in [3.63, 3.8) is 0 Å². The van der Waals surface area contributed by atoms with Crippen LogP contribution in [0.4, 0.5) is 0 Å². The number of aryl methyl sites for hydroxylation is 2. The topological polar surface area (TPSA) is 55.1 Å². The van der Waals surface area contributed by atoms with Crippen molar-refractivity contribution in [3.05, 3.63) is 21.4 Å². The Balaban J connectivity index is 0.00000200. The largest absolute Gasteiger partial charge is 0.347 e. The lowest BCUT2D eigenvalue weighted by Crippen LogP contribution is -2.40. The van der Waals surface area contributed by atoms with E-state index in [1.165, 1.54) is 23.3 Å². The van der Waals surface area contributed by atoms with E-state index in [1.807, 2.05) is 0 Å². The summed E-state index contributed by atoms with van der Waals surface area (Å²) in [6, 6.07) is 2.17. The molecule has 1 amide bonds. The van der Waals surface area contributed by atoms with Crippen LogP contribution >= 0.6 is 23.7 Å². The zero-order chi connectivity index (χ0) is 13.8. The van der Waals surface area contributed by atoms with E-state index in [4.69, 9.17) is 5.73 Å². The molecule has 3 N–H and O–H groups in total. The first-order valence-electron chi connectivity index (χ1n) is 7.22. The second kappa shape index (κ2) is 8.01. The number of nitrogens with one attached hydrogen (secondary N) is 1. The smallest absolute Gasteiger partial charge is 0.261 e. The number of rotatable bonds is 5. The van der Waals surface area contributed by atoms with Gasteiger partial charge in [-0.3, -0.25) is 4.79 Å². The van der Waals surface area contributed by atoms with Gasteiger partial charge < -0.3 is 11.1 Å². The highest BCUT2D eigenvalue weighted by Crippen LogP contribution is 2.29. The van der Waals surface area contributed by atoms with E-state index in [-0.39, 0.29) is 24.4 Å². The van der Waals surface area contributed by atoms with Crippen LogP contribution in [0.3, 0.4) is 0 Å². The predicted octanol–water partition coefficient (Wildman–Crippen LogP) is 3.15. The van der Waals surface area contributed by atoms with Crippen LogP contribution in [0.25, 0.3) is 0 Å². The highest BCUT2D eigenvalue weighted by molar-refractivity contribution is 7.14. The monoisotopic (exact) mass is 316 g/mol. The molecule has 1 aromatic rings. The van der Waals surface area contributed by atoms with Gasteiger partial charge in [-0.05, 0) is 49.7 Å². The molecule has 20 heavy (non-hydrogen) atoms. The van der Waals surface area contributed by atoms with Crippen LogP contribution in [0, 0.1) is 5.92 Å². The summed E-state index contributed by atoms with van der Waals surface area (Å²) < 4.78 is 0. The van der Waals surface area contributed by atoms with Crippen LogP contribution < -0.4 is 11.1 Å². The van der Waals surface area contributed by atoms with Crippen molar-refractivity contribution in [3.8, 4) is 0 Å². The maximum Gasteiger partial charge on any atom is 0.261 e. The van der Waals surface area contributed by atoms with Crippen molar-refractivity contribution in [2.45, 2.75) is 52.0 Å². The molecule has 1 unspecified atom stereocenters. The summed E-state index contributed by atoms with van der Waals surface area (Å²) in [5.74, 6) is 0.598. The number of thiophene rings is 1. The van der Waals surface area contributed by atoms with Gasteiger partial charge in [0.15, 0.2) is 0 Å². The Morgan fingerprint density at radius 3 is 2.70 bits per heavy atom. The summed E-state index contributed by atoms with van der Waals surface area (Å²) in [6.45, 7) is 4.81. The lowest BCUT2D eigenvalue weighted by atomic mass is 9.99. The van der Waals surface area contributed by atoms with Crippen molar-refractivity contribution in [2.75, 3.05) is 6.54 Å². The fourth-order valence-electron chi connectivity index (χ4n) is 2.64. The van der Waals surface area contributed by atoms with Crippen LogP contribution in [-0.2, 0) is 12.8 Å². The molecule has 0 saturated carbocycles. The van der Waals surface area contributed by atoms with Crippen LogP contribution in [0.15, 0.2) is 6.07 Å². The zero-order valence-corrected chi connectivity index (χ0v) is 13.9. The first-order valence-corrected chi connectivity index (χ1v) is 8.04. The van der Waals surface area contributed by atoms with E-state index < -0.39 is 0 Å². The third-order valence-corrected chi connectivity index (χ3v) is 4.83. The van der Waals surface area contributed by atoms with E-state index >= 15 is 0 Å². The van der Waals surface area contributed by atoms with Crippen molar-refractivity contribution in [1.29, 1.82) is 0 Å². The SMILES string of the molecule is CC(C)CC(CN)NC(=O)c1cc2c(s1)CCCC2.Cl. The first-order chi connectivity index (χ1) is 9.10. The Morgan fingerprint density at radius 2 is 2.10 bits per heavy atom. The van der Waals surface area contributed by atoms with Crippen LogP contribution in [0.1, 0.15) is 53.2 Å². The number of halogens is 1. The van der Waals surface area contributed by atoms with Gasteiger partial charge in [0.25, 0.3) is 5.91 Å². The summed E-state index contributed by atoms with van der Waals surface area (Å²) in [5.41, 5.74) is 7.12. The van der Waals surface area contributed by atoms with Gasteiger partial charge in [-0.2, -0.15) is 0 Å². The Hall–Kier alpha value is -0.580. The fourth-order valence-corrected chi connectivity index (χ4v) is 3.80. The number of amides is 1. The molecular formula is C15H25ClN2OS. The molecule has 0 fully saturated rings. The number of fused-ring (bicyclic) bond motifs is 1. The Bertz CT molecular complexity index is 422. The molecule has 0 bridgehead atoms. The highest BCUT2D eigenvalue weighted by Gasteiger charge is 2.19. The van der Waals surface area contributed by atoms with E-state index in [1.54, 1.807) is 11.3 Å². The first kappa shape index (κ1) is 17.5. The van der Waals surface area contributed by atoms with Crippen LogP contribution in [0.5, 0.6) is 0 Å². The van der Waals surface area contributed by atoms with Gasteiger partial charge in [-0.15, -0.1) is 23.7 Å². The molecule has 1 heterocycles. The molecule has 0 spiro atoms. The average molecular weight is 317 g/mol. The van der Waals surface area contributed by atoms with Gasteiger partial charge in [0.05, 0.1) is 4.88 Å². The van der Waals surface area contributed by atoms with Gasteiger partial charge in [-0.1, -0.05) is 13.8 Å². The number of hydrogen-bond acceptors (Lipinski definition) is 3. The fraction of sp³-hybridized carbons (Fsp3) is 0.667. The van der Waals surface area contributed by atoms with Crippen molar-refractivity contribution in [1.82, 2.24) is 5.32 Å². The molecule has 5 heteroatoms. The minimum atomic E-state index is 0. The molecule has 1 atom stereocenters. The molecule has 0 aliphatic heterocycles. The minimum Gasteiger partial charge on any atom is -0.347 e. The molecule has 0 radical (unpaired) electrons. The summed E-state index contributed by atoms with van der Waals surface area (Å²) >= 11 is 1.66. The molecule has 114 valence electrons. The molecule has 1 aromatic heterocycles. The molecule has 3 nitrogen and oxygen atoms in total. The number of carbonyl (C=O) groups excluding carboxylic acids is 1. The van der Waals surface area contributed by atoms with Gasteiger partial charge in [0, 0.05) is 17.5 Å². The third-order valence-electron chi connectivity index (χ3n) is 3.60. The highest BCUT2D eigenvalue weighted by atomic mass is 35.5. The van der Waals surface area contributed by atoms with E-state index in [2.05, 4.69) is 25.2 Å². The summed E-state index contributed by atoms with van der Waals surface area (Å²) in [5, 5.41) is 3.07. The Morgan fingerprint density at radius 1 is 1.40 bits per heavy atom. The second-order valence-corrected chi connectivity index (χ2v) is 6.94. The maximum absolute atomic E-state index is 12.3. The summed E-state index contributed by atoms with van der Waals surface area (Å²) in [6.07, 6.45) is 5.72. The van der Waals surface area contributed by atoms with Gasteiger partial charge in [0.2, 0.25) is 0 Å². The number of hydrogen-bond donors (Lipinski definition) is 2. The molecule has 0 saturated heterocycles. The molecular weight excluding hydrogens is 292 g/mol. The van der Waals surface area contributed by atoms with Crippen LogP contribution in [0.2, 0.25) is 0 Å². The van der Waals surface area contributed by atoms with Gasteiger partial charge in [0.1, 0.15) is 0 Å². The third kappa shape index (κ3) is 4.47. The number of carbonyl (C=O) groups is 1. The molecule has 1 aliphatic carbocycles. The molecule has 0 aromatic carbocycles. The minimum absolute atomic E-state index is 0. The van der Waals surface area contributed by atoms with Crippen molar-refractivity contribution in [2.24, 2.45) is 11.7 Å². The van der Waals surface area contributed by atoms with Crippen molar-refractivity contribution < 1.29 is 4.79 Å². The van der Waals surface area contributed by atoms with E-state index in [0.717, 1.165) is 24.1 Å². The Labute approximate surface area is 131 Å². The standard InChI is InChI=1S/C15H24N2OS.ClH/c1-10(2)7-12(9-16)17-15(18)14-8-11-5-3-4-6-13(11)19-14;/h8,10,12H,3-7,9,16H2,1-2H3,(H,17,18);1H. The normalized spacial score (nSPS) is 15.4. The lowest BCUT2D eigenvalue weighted by molar-refractivity contribution is 0.0938.